The lowest BCUT2D eigenvalue weighted by atomic mass is 10.1. The minimum Gasteiger partial charge on any atom is -0.377 e. The zero-order valence-electron chi connectivity index (χ0n) is 17.3. The lowest BCUT2D eigenvalue weighted by Gasteiger charge is -2.28. The van der Waals surface area contributed by atoms with Crippen LogP contribution >= 0.6 is 0 Å². The molecule has 0 aromatic heterocycles. The van der Waals surface area contributed by atoms with Crippen LogP contribution in [0.3, 0.4) is 0 Å². The van der Waals surface area contributed by atoms with Crippen molar-refractivity contribution in [2.24, 2.45) is 0 Å². The van der Waals surface area contributed by atoms with Crippen LogP contribution in [0, 0.1) is 0 Å². The minimum absolute atomic E-state index is 0.0610. The number of sulfonamides is 1. The van der Waals surface area contributed by atoms with Crippen LogP contribution in [0.25, 0.3) is 0 Å². The first-order valence-corrected chi connectivity index (χ1v) is 14.0. The summed E-state index contributed by atoms with van der Waals surface area (Å²) in [6.07, 6.45) is 3.72. The molecule has 0 bridgehead atoms. The monoisotopic (exact) mass is 471 g/mol. The summed E-state index contributed by atoms with van der Waals surface area (Å²) in [4.78, 5) is 14.9. The van der Waals surface area contributed by atoms with Crippen LogP contribution in [0.15, 0.2) is 29.2 Å². The number of likely N-dealkylation sites (tertiary alicyclic amines) is 1. The molecule has 9 nitrogen and oxygen atoms in total. The molecule has 3 aliphatic rings. The summed E-state index contributed by atoms with van der Waals surface area (Å²) in [5, 5.41) is 2.86. The Morgan fingerprint density at radius 1 is 1.10 bits per heavy atom. The van der Waals surface area contributed by atoms with Gasteiger partial charge in [-0.15, -0.1) is 0 Å². The van der Waals surface area contributed by atoms with Gasteiger partial charge in [-0.3, -0.25) is 9.69 Å². The third-order valence-electron chi connectivity index (χ3n) is 6.20. The summed E-state index contributed by atoms with van der Waals surface area (Å²) in [6, 6.07) is 4.99. The molecule has 0 saturated carbocycles. The van der Waals surface area contributed by atoms with Gasteiger partial charge in [-0.1, -0.05) is 0 Å². The highest BCUT2D eigenvalue weighted by Gasteiger charge is 2.42. The van der Waals surface area contributed by atoms with Crippen molar-refractivity contribution >= 4 is 25.8 Å². The number of hydrogen-bond donors (Lipinski definition) is 2. The Morgan fingerprint density at radius 3 is 2.45 bits per heavy atom. The minimum atomic E-state index is -3.70. The number of rotatable bonds is 7. The van der Waals surface area contributed by atoms with Crippen LogP contribution in [0.2, 0.25) is 0 Å². The third-order valence-corrected chi connectivity index (χ3v) is 9.36. The number of carbonyl (C=O) groups excluding carboxylic acids is 1. The Balaban J connectivity index is 1.39. The van der Waals surface area contributed by atoms with E-state index in [0.29, 0.717) is 12.2 Å². The maximum atomic E-state index is 12.7. The Kier molecular flexibility index (Phi) is 6.68. The summed E-state index contributed by atoms with van der Waals surface area (Å²) < 4.78 is 57.3. The van der Waals surface area contributed by atoms with Gasteiger partial charge in [0.1, 0.15) is 0 Å². The van der Waals surface area contributed by atoms with E-state index in [2.05, 4.69) is 14.9 Å². The summed E-state index contributed by atoms with van der Waals surface area (Å²) in [5.41, 5.74) is 0.294. The molecule has 3 unspecified atom stereocenters. The lowest BCUT2D eigenvalue weighted by molar-refractivity contribution is 0.0918. The Morgan fingerprint density at radius 2 is 1.81 bits per heavy atom. The van der Waals surface area contributed by atoms with E-state index in [1.807, 2.05) is 0 Å². The van der Waals surface area contributed by atoms with E-state index in [0.717, 1.165) is 38.8 Å². The predicted octanol–water partition coefficient (Wildman–Crippen LogP) is 0.135. The van der Waals surface area contributed by atoms with Crippen LogP contribution in [0.1, 0.15) is 36.0 Å². The number of hydrogen-bond acceptors (Lipinski definition) is 7. The Hall–Kier alpha value is -1.53. The first-order chi connectivity index (χ1) is 14.7. The lowest BCUT2D eigenvalue weighted by Crippen LogP contribution is -2.50. The van der Waals surface area contributed by atoms with Crippen molar-refractivity contribution < 1.29 is 26.4 Å². The second-order valence-electron chi connectivity index (χ2n) is 8.48. The van der Waals surface area contributed by atoms with Gasteiger partial charge in [-0.05, 0) is 63.0 Å². The van der Waals surface area contributed by atoms with Crippen LogP contribution in [-0.2, 0) is 24.6 Å². The number of ether oxygens (including phenoxy) is 1. The summed E-state index contributed by atoms with van der Waals surface area (Å²) >= 11 is 0. The van der Waals surface area contributed by atoms with E-state index < -0.39 is 31.8 Å². The molecule has 3 heterocycles. The number of carbonyl (C=O) groups is 1. The largest absolute Gasteiger partial charge is 0.377 e. The van der Waals surface area contributed by atoms with Gasteiger partial charge >= 0.3 is 0 Å². The van der Waals surface area contributed by atoms with Crippen molar-refractivity contribution in [3.05, 3.63) is 29.8 Å². The average Bonchev–Trinajstić information content (AvgIpc) is 3.48. The predicted molar refractivity (Wildman–Crippen MR) is 115 cm³/mol. The quantitative estimate of drug-likeness (QED) is 0.580. The number of benzene rings is 1. The van der Waals surface area contributed by atoms with Crippen molar-refractivity contribution in [1.29, 1.82) is 0 Å². The summed E-state index contributed by atoms with van der Waals surface area (Å²) in [5.74, 6) is -0.409. The van der Waals surface area contributed by atoms with Gasteiger partial charge in [0.25, 0.3) is 5.91 Å². The van der Waals surface area contributed by atoms with Crippen molar-refractivity contribution in [3.8, 4) is 0 Å². The van der Waals surface area contributed by atoms with E-state index in [-0.39, 0.29) is 35.1 Å². The molecule has 11 heteroatoms. The third kappa shape index (κ3) is 5.46. The molecule has 0 radical (unpaired) electrons. The zero-order chi connectivity index (χ0) is 22.1. The van der Waals surface area contributed by atoms with Gasteiger partial charge in [0, 0.05) is 24.8 Å². The maximum absolute atomic E-state index is 12.7. The van der Waals surface area contributed by atoms with Crippen molar-refractivity contribution in [2.75, 3.05) is 37.7 Å². The molecule has 3 aliphatic heterocycles. The smallest absolute Gasteiger partial charge is 0.251 e. The standard InChI is InChI=1S/C20H29N3O6S2/c24-20(22-18-13-30(25,26)14-19(18)23-9-1-2-10-23)15-5-7-17(8-6-15)31(27,28)21-12-16-4-3-11-29-16/h5-8,16,18-19,21H,1-4,9-14H2,(H,22,24). The fraction of sp³-hybridized carbons (Fsp3) is 0.650. The average molecular weight is 472 g/mol. The normalized spacial score (nSPS) is 28.7. The summed E-state index contributed by atoms with van der Waals surface area (Å²) in [7, 11) is -6.90. The molecular formula is C20H29N3O6S2. The van der Waals surface area contributed by atoms with Gasteiger partial charge in [-0.25, -0.2) is 21.6 Å². The van der Waals surface area contributed by atoms with Crippen LogP contribution in [0.4, 0.5) is 0 Å². The molecule has 4 rings (SSSR count). The fourth-order valence-electron chi connectivity index (χ4n) is 4.53. The van der Waals surface area contributed by atoms with Crippen molar-refractivity contribution in [1.82, 2.24) is 14.9 Å². The SMILES string of the molecule is O=C(NC1CS(=O)(=O)CC1N1CCCC1)c1ccc(S(=O)(=O)NCC2CCCO2)cc1. The van der Waals surface area contributed by atoms with E-state index in [4.69, 9.17) is 4.74 Å². The molecule has 172 valence electrons. The fourth-order valence-corrected chi connectivity index (χ4v) is 7.55. The van der Waals surface area contributed by atoms with Gasteiger partial charge in [0.15, 0.2) is 9.84 Å². The van der Waals surface area contributed by atoms with E-state index >= 15 is 0 Å². The van der Waals surface area contributed by atoms with Crippen LogP contribution in [-0.4, -0.2) is 83.6 Å². The first kappa shape index (κ1) is 22.7. The van der Waals surface area contributed by atoms with E-state index in [1.54, 1.807) is 0 Å². The molecule has 3 saturated heterocycles. The molecule has 0 spiro atoms. The van der Waals surface area contributed by atoms with Crippen LogP contribution in [0.5, 0.6) is 0 Å². The first-order valence-electron chi connectivity index (χ1n) is 10.7. The van der Waals surface area contributed by atoms with Gasteiger partial charge in [0.05, 0.1) is 28.5 Å². The second-order valence-corrected chi connectivity index (χ2v) is 12.4. The van der Waals surface area contributed by atoms with Crippen LogP contribution < -0.4 is 10.0 Å². The molecule has 1 amide bonds. The van der Waals surface area contributed by atoms with Gasteiger partial charge in [0.2, 0.25) is 10.0 Å². The molecule has 0 aliphatic carbocycles. The molecule has 1 aromatic carbocycles. The topological polar surface area (TPSA) is 122 Å². The molecule has 31 heavy (non-hydrogen) atoms. The number of nitrogens with zero attached hydrogens (tertiary/aromatic N) is 1. The van der Waals surface area contributed by atoms with Crippen molar-refractivity contribution in [3.63, 3.8) is 0 Å². The molecular weight excluding hydrogens is 442 g/mol. The maximum Gasteiger partial charge on any atom is 0.251 e. The Labute approximate surface area is 183 Å². The summed E-state index contributed by atoms with van der Waals surface area (Å²) in [6.45, 7) is 2.56. The van der Waals surface area contributed by atoms with E-state index in [1.165, 1.54) is 24.3 Å². The molecule has 3 atom stereocenters. The van der Waals surface area contributed by atoms with Crippen molar-refractivity contribution in [2.45, 2.75) is 48.8 Å². The zero-order valence-corrected chi connectivity index (χ0v) is 19.0. The number of sulfone groups is 1. The molecule has 3 fully saturated rings. The molecule has 1 aromatic rings. The highest BCUT2D eigenvalue weighted by Crippen LogP contribution is 2.23. The highest BCUT2D eigenvalue weighted by molar-refractivity contribution is 7.91. The molecule has 2 N–H and O–H groups in total. The number of nitrogens with one attached hydrogen (secondary N) is 2. The number of amides is 1. The highest BCUT2D eigenvalue weighted by atomic mass is 32.2. The Bertz CT molecular complexity index is 998. The van der Waals surface area contributed by atoms with Gasteiger partial charge in [-0.2, -0.15) is 0 Å². The van der Waals surface area contributed by atoms with Gasteiger partial charge < -0.3 is 10.1 Å². The second kappa shape index (κ2) is 9.14. The van der Waals surface area contributed by atoms with E-state index in [9.17, 15) is 21.6 Å².